The Balaban J connectivity index is 2.30. The number of hydrogen-bond acceptors (Lipinski definition) is 3. The van der Waals surface area contributed by atoms with Gasteiger partial charge in [-0.05, 0) is 19.3 Å². The van der Waals surface area contributed by atoms with Gasteiger partial charge in [-0.3, -0.25) is 4.79 Å². The van der Waals surface area contributed by atoms with E-state index >= 15 is 0 Å². The highest BCUT2D eigenvalue weighted by Gasteiger charge is 2.12. The average Bonchev–Trinajstić information content (AvgIpc) is 2.53. The first-order chi connectivity index (χ1) is 5.88. The number of hydrogen-bond donors (Lipinski definition) is 0. The van der Waals surface area contributed by atoms with E-state index in [1.165, 1.54) is 0 Å². The van der Waals surface area contributed by atoms with Gasteiger partial charge in [-0.15, -0.1) is 0 Å². The molecular weight excluding hydrogens is 172 g/mol. The lowest BCUT2D eigenvalue weighted by molar-refractivity contribution is 0.465. The van der Waals surface area contributed by atoms with Gasteiger partial charge in [0.2, 0.25) is 0 Å². The summed E-state index contributed by atoms with van der Waals surface area (Å²) in [5.41, 5.74) is 1.60. The predicted molar refractivity (Wildman–Crippen MR) is 48.4 cm³/mol. The first kappa shape index (κ1) is 7.73. The maximum Gasteiger partial charge on any atom is 0.325 e. The van der Waals surface area contributed by atoms with Gasteiger partial charge in [0.25, 0.3) is 0 Å². The van der Waals surface area contributed by atoms with E-state index in [0.29, 0.717) is 0 Å². The molecule has 1 aromatic heterocycles. The molecule has 1 unspecified atom stereocenters. The van der Waals surface area contributed by atoms with Gasteiger partial charge in [0.15, 0.2) is 0 Å². The standard InChI is InChI=1S/C8H10N2OS/c11-8-10(9-6-12-8)7-4-2-1-3-5-7/h2,4,6-7H,1,3,5H2. The zero-order chi connectivity index (χ0) is 8.39. The Bertz CT molecular complexity index is 339. The minimum Gasteiger partial charge on any atom is -0.255 e. The molecular formula is C8H10N2OS. The van der Waals surface area contributed by atoms with Crippen molar-refractivity contribution >= 4 is 11.3 Å². The van der Waals surface area contributed by atoms with Crippen LogP contribution < -0.4 is 4.87 Å². The number of nitrogens with zero attached hydrogens (tertiary/aromatic N) is 2. The molecule has 12 heavy (non-hydrogen) atoms. The van der Waals surface area contributed by atoms with E-state index < -0.39 is 0 Å². The van der Waals surface area contributed by atoms with Crippen molar-refractivity contribution in [2.75, 3.05) is 0 Å². The molecule has 0 fully saturated rings. The summed E-state index contributed by atoms with van der Waals surface area (Å²) in [7, 11) is 0. The second-order valence-corrected chi connectivity index (χ2v) is 3.67. The van der Waals surface area contributed by atoms with Gasteiger partial charge in [0, 0.05) is 0 Å². The molecule has 1 atom stereocenters. The zero-order valence-corrected chi connectivity index (χ0v) is 7.46. The molecule has 0 radical (unpaired) electrons. The van der Waals surface area contributed by atoms with Crippen LogP contribution in [0.1, 0.15) is 25.3 Å². The van der Waals surface area contributed by atoms with Crippen molar-refractivity contribution in [3.05, 3.63) is 27.3 Å². The van der Waals surface area contributed by atoms with Gasteiger partial charge in [-0.1, -0.05) is 23.5 Å². The van der Waals surface area contributed by atoms with Crippen molar-refractivity contribution in [2.24, 2.45) is 0 Å². The monoisotopic (exact) mass is 182 g/mol. The third-order valence-corrected chi connectivity index (χ3v) is 2.64. The molecule has 0 aliphatic heterocycles. The molecule has 1 aliphatic rings. The van der Waals surface area contributed by atoms with E-state index in [9.17, 15) is 4.79 Å². The molecule has 0 aromatic carbocycles. The molecule has 0 amide bonds. The van der Waals surface area contributed by atoms with Gasteiger partial charge in [-0.25, -0.2) is 4.68 Å². The van der Waals surface area contributed by atoms with Crippen LogP contribution in [0.3, 0.4) is 0 Å². The minimum absolute atomic E-state index is 0.0477. The van der Waals surface area contributed by atoms with Crippen molar-refractivity contribution in [1.29, 1.82) is 0 Å². The average molecular weight is 182 g/mol. The third kappa shape index (κ3) is 1.34. The fraction of sp³-hybridized carbons (Fsp3) is 0.500. The van der Waals surface area contributed by atoms with Crippen LogP contribution in [0.5, 0.6) is 0 Å². The van der Waals surface area contributed by atoms with Gasteiger partial charge >= 0.3 is 4.87 Å². The normalized spacial score (nSPS) is 22.8. The number of allylic oxidation sites excluding steroid dienone is 2. The molecule has 1 aromatic rings. The first-order valence-electron chi connectivity index (χ1n) is 4.07. The van der Waals surface area contributed by atoms with E-state index in [-0.39, 0.29) is 10.9 Å². The fourth-order valence-corrected chi connectivity index (χ4v) is 1.97. The largest absolute Gasteiger partial charge is 0.325 e. The van der Waals surface area contributed by atoms with Crippen LogP contribution in [0.2, 0.25) is 0 Å². The highest BCUT2D eigenvalue weighted by molar-refractivity contribution is 7.06. The quantitative estimate of drug-likeness (QED) is 0.618. The predicted octanol–water partition coefficient (Wildman–Crippen LogP) is 1.59. The smallest absolute Gasteiger partial charge is 0.255 e. The Morgan fingerprint density at radius 3 is 3.17 bits per heavy atom. The molecule has 64 valence electrons. The summed E-state index contributed by atoms with van der Waals surface area (Å²) < 4.78 is 1.57. The first-order valence-corrected chi connectivity index (χ1v) is 4.95. The zero-order valence-electron chi connectivity index (χ0n) is 6.64. The van der Waals surface area contributed by atoms with Crippen LogP contribution in [-0.4, -0.2) is 9.78 Å². The molecule has 1 heterocycles. The fourth-order valence-electron chi connectivity index (χ4n) is 1.44. The lowest BCUT2D eigenvalue weighted by Gasteiger charge is -2.14. The molecule has 0 saturated carbocycles. The molecule has 0 saturated heterocycles. The third-order valence-electron chi connectivity index (χ3n) is 2.06. The van der Waals surface area contributed by atoms with E-state index in [1.807, 2.05) is 0 Å². The van der Waals surface area contributed by atoms with Gasteiger partial charge < -0.3 is 0 Å². The molecule has 0 spiro atoms. The molecule has 1 aliphatic carbocycles. The number of aromatic nitrogens is 2. The summed E-state index contributed by atoms with van der Waals surface area (Å²) >= 11 is 1.16. The van der Waals surface area contributed by atoms with Gasteiger partial charge in [0.05, 0.1) is 6.04 Å². The van der Waals surface area contributed by atoms with E-state index in [0.717, 1.165) is 30.6 Å². The van der Waals surface area contributed by atoms with Crippen molar-refractivity contribution in [2.45, 2.75) is 25.3 Å². The van der Waals surface area contributed by atoms with E-state index in [1.54, 1.807) is 10.2 Å². The topological polar surface area (TPSA) is 34.9 Å². The summed E-state index contributed by atoms with van der Waals surface area (Å²) in [4.78, 5) is 11.3. The Morgan fingerprint density at radius 2 is 2.58 bits per heavy atom. The summed E-state index contributed by atoms with van der Waals surface area (Å²) in [5, 5.41) is 4.01. The van der Waals surface area contributed by atoms with E-state index in [2.05, 4.69) is 17.3 Å². The van der Waals surface area contributed by atoms with Gasteiger partial charge in [-0.2, -0.15) is 5.10 Å². The Hall–Kier alpha value is -0.900. The van der Waals surface area contributed by atoms with Crippen LogP contribution in [0.15, 0.2) is 22.5 Å². The summed E-state index contributed by atoms with van der Waals surface area (Å²) in [6.07, 6.45) is 7.53. The number of rotatable bonds is 1. The van der Waals surface area contributed by atoms with Crippen molar-refractivity contribution in [3.63, 3.8) is 0 Å². The Morgan fingerprint density at radius 1 is 1.67 bits per heavy atom. The molecule has 0 N–H and O–H groups in total. The van der Waals surface area contributed by atoms with Crippen LogP contribution in [0.4, 0.5) is 0 Å². The Labute approximate surface area is 74.3 Å². The highest BCUT2D eigenvalue weighted by atomic mass is 32.1. The lowest BCUT2D eigenvalue weighted by atomic mass is 10.0. The summed E-state index contributed by atoms with van der Waals surface area (Å²) in [6, 6.07) is 0.206. The van der Waals surface area contributed by atoms with Crippen LogP contribution >= 0.6 is 11.3 Å². The maximum atomic E-state index is 11.2. The second kappa shape index (κ2) is 3.23. The van der Waals surface area contributed by atoms with E-state index in [4.69, 9.17) is 0 Å². The minimum atomic E-state index is 0.0477. The van der Waals surface area contributed by atoms with Crippen molar-refractivity contribution in [3.8, 4) is 0 Å². The summed E-state index contributed by atoms with van der Waals surface area (Å²) in [6.45, 7) is 0. The SMILES string of the molecule is O=c1scnn1C1C=CCCC1. The van der Waals surface area contributed by atoms with Crippen molar-refractivity contribution < 1.29 is 0 Å². The molecule has 2 rings (SSSR count). The highest BCUT2D eigenvalue weighted by Crippen LogP contribution is 2.19. The van der Waals surface area contributed by atoms with Gasteiger partial charge in [0.1, 0.15) is 5.51 Å². The maximum absolute atomic E-state index is 11.2. The Kier molecular flexibility index (Phi) is 2.08. The van der Waals surface area contributed by atoms with Crippen LogP contribution in [-0.2, 0) is 0 Å². The lowest BCUT2D eigenvalue weighted by Crippen LogP contribution is -2.20. The molecule has 4 heteroatoms. The van der Waals surface area contributed by atoms with Crippen LogP contribution in [0.25, 0.3) is 0 Å². The summed E-state index contributed by atoms with van der Waals surface area (Å²) in [5.74, 6) is 0. The van der Waals surface area contributed by atoms with Crippen molar-refractivity contribution in [1.82, 2.24) is 9.78 Å². The second-order valence-electron chi connectivity index (χ2n) is 2.88. The molecule has 0 bridgehead atoms. The molecule has 3 nitrogen and oxygen atoms in total. The van der Waals surface area contributed by atoms with Crippen LogP contribution in [0, 0.1) is 0 Å².